The topological polar surface area (TPSA) is 92.7 Å². The van der Waals surface area contributed by atoms with Crippen LogP contribution in [0.15, 0.2) is 21.8 Å². The summed E-state index contributed by atoms with van der Waals surface area (Å²) in [6.07, 6.45) is 1.42. The maximum absolute atomic E-state index is 12.2. The Morgan fingerprint density at radius 2 is 2.16 bits per heavy atom. The quantitative estimate of drug-likeness (QED) is 0.882. The van der Waals surface area contributed by atoms with Crippen LogP contribution in [0.25, 0.3) is 0 Å². The molecule has 2 aromatic rings. The van der Waals surface area contributed by atoms with Gasteiger partial charge in [0, 0.05) is 25.0 Å². The van der Waals surface area contributed by atoms with Crippen LogP contribution in [0.1, 0.15) is 25.5 Å². The Bertz CT molecular complexity index is 689. The van der Waals surface area contributed by atoms with E-state index in [2.05, 4.69) is 35.9 Å². The first-order chi connectivity index (χ1) is 8.79. The molecule has 104 valence electrons. The first-order valence-corrected chi connectivity index (χ1v) is 7.84. The van der Waals surface area contributed by atoms with Gasteiger partial charge >= 0.3 is 0 Å². The second-order valence-corrected chi connectivity index (χ2v) is 6.83. The number of nitrogens with zero attached hydrogens (tertiary/aromatic N) is 3. The lowest BCUT2D eigenvalue weighted by atomic mass is 10.1. The van der Waals surface area contributed by atoms with E-state index in [9.17, 15) is 8.42 Å². The minimum atomic E-state index is -3.70. The van der Waals surface area contributed by atoms with Gasteiger partial charge in [-0.1, -0.05) is 13.8 Å². The SMILES string of the molecule is CC(C)c1cc(NS(=O)(=O)c2cn(C)nc2Br)n[nH]1. The minimum absolute atomic E-state index is 0.0732. The van der Waals surface area contributed by atoms with E-state index < -0.39 is 10.0 Å². The minimum Gasteiger partial charge on any atom is -0.280 e. The molecule has 2 rings (SSSR count). The summed E-state index contributed by atoms with van der Waals surface area (Å²) in [5.41, 5.74) is 0.864. The largest absolute Gasteiger partial charge is 0.280 e. The average Bonchev–Trinajstić information content (AvgIpc) is 2.85. The maximum Gasteiger partial charge on any atom is 0.267 e. The molecular weight excluding hydrogens is 334 g/mol. The van der Waals surface area contributed by atoms with Gasteiger partial charge in [0.2, 0.25) is 0 Å². The lowest BCUT2D eigenvalue weighted by molar-refractivity contribution is 0.600. The highest BCUT2D eigenvalue weighted by molar-refractivity contribution is 9.10. The number of aromatic amines is 1. The molecule has 0 saturated carbocycles. The summed E-state index contributed by atoms with van der Waals surface area (Å²) in [6, 6.07) is 1.67. The Morgan fingerprint density at radius 3 is 2.63 bits per heavy atom. The predicted octanol–water partition coefficient (Wildman–Crippen LogP) is 1.83. The molecule has 0 radical (unpaired) electrons. The summed E-state index contributed by atoms with van der Waals surface area (Å²) in [4.78, 5) is 0.0732. The maximum atomic E-state index is 12.2. The molecule has 0 saturated heterocycles. The van der Waals surface area contributed by atoms with Crippen molar-refractivity contribution in [2.45, 2.75) is 24.7 Å². The van der Waals surface area contributed by atoms with E-state index in [4.69, 9.17) is 0 Å². The Hall–Kier alpha value is -1.35. The zero-order valence-electron chi connectivity index (χ0n) is 10.7. The lowest BCUT2D eigenvalue weighted by Gasteiger charge is -2.02. The number of anilines is 1. The summed E-state index contributed by atoms with van der Waals surface area (Å²) in [5.74, 6) is 0.510. The molecule has 0 unspecified atom stereocenters. The summed E-state index contributed by atoms with van der Waals surface area (Å²) in [6.45, 7) is 3.98. The van der Waals surface area contributed by atoms with Gasteiger partial charge in [-0.3, -0.25) is 14.5 Å². The molecule has 0 amide bonds. The van der Waals surface area contributed by atoms with Crippen LogP contribution in [0.2, 0.25) is 0 Å². The normalized spacial score (nSPS) is 12.1. The number of nitrogens with one attached hydrogen (secondary N) is 2. The molecule has 0 atom stereocenters. The molecule has 9 heteroatoms. The Morgan fingerprint density at radius 1 is 1.47 bits per heavy atom. The lowest BCUT2D eigenvalue weighted by Crippen LogP contribution is -2.13. The number of aromatic nitrogens is 4. The van der Waals surface area contributed by atoms with E-state index in [1.807, 2.05) is 13.8 Å². The molecule has 0 aliphatic heterocycles. The fraction of sp³-hybridized carbons (Fsp3) is 0.400. The fourth-order valence-electron chi connectivity index (χ4n) is 1.50. The molecule has 0 spiro atoms. The second-order valence-electron chi connectivity index (χ2n) is 4.43. The van der Waals surface area contributed by atoms with Gasteiger partial charge < -0.3 is 0 Å². The van der Waals surface area contributed by atoms with Crippen LogP contribution in [0, 0.1) is 0 Å². The molecule has 0 aromatic carbocycles. The van der Waals surface area contributed by atoms with Crippen molar-refractivity contribution < 1.29 is 8.42 Å². The van der Waals surface area contributed by atoms with Crippen LogP contribution in [0.3, 0.4) is 0 Å². The smallest absolute Gasteiger partial charge is 0.267 e. The molecule has 2 aromatic heterocycles. The highest BCUT2D eigenvalue weighted by Gasteiger charge is 2.22. The van der Waals surface area contributed by atoms with E-state index in [0.717, 1.165) is 5.69 Å². The zero-order valence-corrected chi connectivity index (χ0v) is 13.1. The van der Waals surface area contributed by atoms with Crippen LogP contribution >= 0.6 is 15.9 Å². The van der Waals surface area contributed by atoms with Crippen molar-refractivity contribution in [2.75, 3.05) is 4.72 Å². The van der Waals surface area contributed by atoms with Crippen LogP contribution in [0.4, 0.5) is 5.82 Å². The molecule has 0 aliphatic carbocycles. The van der Waals surface area contributed by atoms with Crippen molar-refractivity contribution in [3.63, 3.8) is 0 Å². The third kappa shape index (κ3) is 2.98. The molecule has 19 heavy (non-hydrogen) atoms. The van der Waals surface area contributed by atoms with Gasteiger partial charge in [0.1, 0.15) is 9.50 Å². The number of sulfonamides is 1. The Kier molecular flexibility index (Phi) is 3.68. The van der Waals surface area contributed by atoms with E-state index in [1.165, 1.54) is 10.9 Å². The molecule has 0 aliphatic rings. The van der Waals surface area contributed by atoms with Crippen LogP contribution < -0.4 is 4.72 Å². The van der Waals surface area contributed by atoms with Crippen molar-refractivity contribution >= 4 is 31.8 Å². The second kappa shape index (κ2) is 4.97. The highest BCUT2D eigenvalue weighted by Crippen LogP contribution is 2.23. The number of H-pyrrole nitrogens is 1. The van der Waals surface area contributed by atoms with Crippen molar-refractivity contribution in [1.29, 1.82) is 0 Å². The van der Waals surface area contributed by atoms with Crippen LogP contribution in [-0.4, -0.2) is 28.4 Å². The number of hydrogen-bond acceptors (Lipinski definition) is 4. The summed E-state index contributed by atoms with van der Waals surface area (Å²) >= 11 is 3.12. The third-order valence-corrected chi connectivity index (χ3v) is 4.70. The van der Waals surface area contributed by atoms with Crippen LogP contribution in [-0.2, 0) is 17.1 Å². The van der Waals surface area contributed by atoms with Crippen molar-refractivity contribution in [3.8, 4) is 0 Å². The van der Waals surface area contributed by atoms with Crippen molar-refractivity contribution in [2.24, 2.45) is 7.05 Å². The molecule has 7 nitrogen and oxygen atoms in total. The predicted molar refractivity (Wildman–Crippen MR) is 74.4 cm³/mol. The molecule has 0 fully saturated rings. The van der Waals surface area contributed by atoms with Gasteiger partial charge in [0.25, 0.3) is 10.0 Å². The van der Waals surface area contributed by atoms with Crippen LogP contribution in [0.5, 0.6) is 0 Å². The average molecular weight is 348 g/mol. The number of rotatable bonds is 4. The first-order valence-electron chi connectivity index (χ1n) is 5.57. The fourth-order valence-corrected chi connectivity index (χ4v) is 3.53. The first kappa shape index (κ1) is 14.1. The molecule has 2 N–H and O–H groups in total. The van der Waals surface area contributed by atoms with Crippen molar-refractivity contribution in [3.05, 3.63) is 22.6 Å². The van der Waals surface area contributed by atoms with E-state index in [0.29, 0.717) is 0 Å². The Labute approximate surface area is 119 Å². The monoisotopic (exact) mass is 347 g/mol. The molecule has 0 bridgehead atoms. The summed E-state index contributed by atoms with van der Waals surface area (Å²) < 4.78 is 28.4. The van der Waals surface area contributed by atoms with Gasteiger partial charge in [-0.25, -0.2) is 8.42 Å². The van der Waals surface area contributed by atoms with Gasteiger partial charge in [-0.2, -0.15) is 10.2 Å². The Balaban J connectivity index is 2.28. The standard InChI is InChI=1S/C10H14BrN5O2S/c1-6(2)7-4-9(13-12-7)15-19(17,18)8-5-16(3)14-10(8)11/h4-6H,1-3H3,(H2,12,13,15). The third-order valence-electron chi connectivity index (χ3n) is 2.50. The molecular formula is C10H14BrN5O2S. The molecule has 2 heterocycles. The van der Waals surface area contributed by atoms with Gasteiger partial charge in [-0.15, -0.1) is 0 Å². The van der Waals surface area contributed by atoms with E-state index in [1.54, 1.807) is 13.1 Å². The number of aryl methyl sites for hydroxylation is 1. The number of halogens is 1. The highest BCUT2D eigenvalue weighted by atomic mass is 79.9. The van der Waals surface area contributed by atoms with Gasteiger partial charge in [0.05, 0.1) is 0 Å². The zero-order chi connectivity index (χ0) is 14.2. The van der Waals surface area contributed by atoms with Gasteiger partial charge in [-0.05, 0) is 21.8 Å². The number of hydrogen-bond donors (Lipinski definition) is 2. The van der Waals surface area contributed by atoms with E-state index in [-0.39, 0.29) is 21.2 Å². The van der Waals surface area contributed by atoms with E-state index >= 15 is 0 Å². The van der Waals surface area contributed by atoms with Crippen molar-refractivity contribution in [1.82, 2.24) is 20.0 Å². The van der Waals surface area contributed by atoms with Gasteiger partial charge in [0.15, 0.2) is 5.82 Å². The summed E-state index contributed by atoms with van der Waals surface area (Å²) in [5, 5.41) is 10.7. The summed E-state index contributed by atoms with van der Waals surface area (Å²) in [7, 11) is -2.05.